The highest BCUT2D eigenvalue weighted by atomic mass is 35.5. The maximum absolute atomic E-state index is 11.6. The number of rotatable bonds is 5. The Hall–Kier alpha value is -2.73. The number of hydrogen-bond donors (Lipinski definition) is 3. The predicted octanol–water partition coefficient (Wildman–Crippen LogP) is 2.59. The van der Waals surface area contributed by atoms with Gasteiger partial charge in [-0.3, -0.25) is 4.79 Å². The van der Waals surface area contributed by atoms with Gasteiger partial charge in [0.15, 0.2) is 6.61 Å². The molecule has 0 aliphatic carbocycles. The first-order chi connectivity index (χ1) is 11.0. The van der Waals surface area contributed by atoms with Crippen LogP contribution in [0.2, 0.25) is 5.02 Å². The highest BCUT2D eigenvalue weighted by Crippen LogP contribution is 2.25. The van der Waals surface area contributed by atoms with Crippen LogP contribution in [0.5, 0.6) is 17.2 Å². The molecule has 0 fully saturated rings. The quantitative estimate of drug-likeness (QED) is 0.579. The van der Waals surface area contributed by atoms with E-state index in [0.29, 0.717) is 21.9 Å². The molecule has 3 N–H and O–H groups in total. The van der Waals surface area contributed by atoms with Crippen molar-refractivity contribution >= 4 is 23.7 Å². The fourth-order valence-electron chi connectivity index (χ4n) is 1.84. The van der Waals surface area contributed by atoms with Gasteiger partial charge in [0.25, 0.3) is 5.91 Å². The van der Waals surface area contributed by atoms with Crippen molar-refractivity contribution in [1.82, 2.24) is 5.43 Å². The lowest BCUT2D eigenvalue weighted by Crippen LogP contribution is -2.24. The van der Waals surface area contributed by atoms with E-state index in [9.17, 15) is 15.0 Å². The number of carbonyl (C=O) groups excluding carboxylic acids is 1. The summed E-state index contributed by atoms with van der Waals surface area (Å²) in [5.74, 6) is -0.160. The number of halogens is 1. The van der Waals surface area contributed by atoms with E-state index in [1.54, 1.807) is 31.2 Å². The number of aromatic hydroxyl groups is 2. The van der Waals surface area contributed by atoms with Crippen molar-refractivity contribution in [2.24, 2.45) is 5.10 Å². The summed E-state index contributed by atoms with van der Waals surface area (Å²) >= 11 is 5.81. The molecule has 23 heavy (non-hydrogen) atoms. The molecule has 0 saturated carbocycles. The van der Waals surface area contributed by atoms with Crippen molar-refractivity contribution < 1.29 is 19.7 Å². The van der Waals surface area contributed by atoms with Gasteiger partial charge in [-0.25, -0.2) is 5.43 Å². The average molecular weight is 335 g/mol. The van der Waals surface area contributed by atoms with Gasteiger partial charge in [0.05, 0.1) is 6.21 Å². The van der Waals surface area contributed by atoms with Crippen LogP contribution in [-0.4, -0.2) is 28.9 Å². The Morgan fingerprint density at radius 2 is 2.13 bits per heavy atom. The number of phenolic OH excluding ortho intramolecular Hbond substituents is 2. The lowest BCUT2D eigenvalue weighted by molar-refractivity contribution is -0.123. The maximum Gasteiger partial charge on any atom is 0.277 e. The highest BCUT2D eigenvalue weighted by Gasteiger charge is 2.06. The van der Waals surface area contributed by atoms with Gasteiger partial charge in [-0.15, -0.1) is 0 Å². The summed E-state index contributed by atoms with van der Waals surface area (Å²) in [5, 5.41) is 23.3. The SMILES string of the molecule is Cc1cc(O)cc(O)c1/C=N/NC(=O)COc1cccc(Cl)c1. The fourth-order valence-corrected chi connectivity index (χ4v) is 2.02. The minimum absolute atomic E-state index is 0.0453. The number of benzene rings is 2. The van der Waals surface area contributed by atoms with Crippen molar-refractivity contribution in [3.8, 4) is 17.2 Å². The molecule has 0 spiro atoms. The molecule has 1 amide bonds. The standard InChI is InChI=1S/C16H15ClN2O4/c1-10-5-12(20)7-15(21)14(10)8-18-19-16(22)9-23-13-4-2-3-11(17)6-13/h2-8,20-21H,9H2,1H3,(H,19,22)/b18-8+. The van der Waals surface area contributed by atoms with Gasteiger partial charge in [-0.2, -0.15) is 5.10 Å². The Kier molecular flexibility index (Phi) is 5.43. The molecule has 2 aromatic carbocycles. The normalized spacial score (nSPS) is 10.7. The van der Waals surface area contributed by atoms with Gasteiger partial charge in [-0.05, 0) is 36.8 Å². The summed E-state index contributed by atoms with van der Waals surface area (Å²) in [6.07, 6.45) is 1.29. The van der Waals surface area contributed by atoms with Crippen molar-refractivity contribution in [2.75, 3.05) is 6.61 Å². The number of amides is 1. The minimum Gasteiger partial charge on any atom is -0.508 e. The Morgan fingerprint density at radius 1 is 1.35 bits per heavy atom. The molecule has 0 radical (unpaired) electrons. The molecule has 0 unspecified atom stereocenters. The van der Waals surface area contributed by atoms with Crippen LogP contribution < -0.4 is 10.2 Å². The molecule has 0 heterocycles. The second kappa shape index (κ2) is 7.51. The molecule has 0 aliphatic heterocycles. The van der Waals surface area contributed by atoms with Gasteiger partial charge in [0, 0.05) is 16.7 Å². The van der Waals surface area contributed by atoms with Crippen molar-refractivity contribution in [3.05, 3.63) is 52.5 Å². The molecule has 0 saturated heterocycles. The summed E-state index contributed by atoms with van der Waals surface area (Å²) in [4.78, 5) is 11.6. The first-order valence-electron chi connectivity index (χ1n) is 6.68. The lowest BCUT2D eigenvalue weighted by Gasteiger charge is -2.06. The molecule has 0 aliphatic rings. The number of carbonyl (C=O) groups is 1. The van der Waals surface area contributed by atoms with Crippen molar-refractivity contribution in [1.29, 1.82) is 0 Å². The fraction of sp³-hybridized carbons (Fsp3) is 0.125. The predicted molar refractivity (Wildman–Crippen MR) is 87.2 cm³/mol. The number of nitrogens with one attached hydrogen (secondary N) is 1. The largest absolute Gasteiger partial charge is 0.508 e. The first-order valence-corrected chi connectivity index (χ1v) is 7.06. The Bertz CT molecular complexity index is 724. The van der Waals surface area contributed by atoms with Crippen LogP contribution in [0, 0.1) is 6.92 Å². The highest BCUT2D eigenvalue weighted by molar-refractivity contribution is 6.30. The third-order valence-electron chi connectivity index (χ3n) is 2.90. The third-order valence-corrected chi connectivity index (χ3v) is 3.13. The molecule has 0 bridgehead atoms. The summed E-state index contributed by atoms with van der Waals surface area (Å²) in [5.41, 5.74) is 3.31. The number of aryl methyl sites for hydroxylation is 1. The molecular formula is C16H15ClN2O4. The van der Waals surface area contributed by atoms with Crippen LogP contribution >= 0.6 is 11.6 Å². The topological polar surface area (TPSA) is 91.1 Å². The van der Waals surface area contributed by atoms with Crippen LogP contribution in [0.1, 0.15) is 11.1 Å². The van der Waals surface area contributed by atoms with Gasteiger partial charge < -0.3 is 14.9 Å². The van der Waals surface area contributed by atoms with Crippen molar-refractivity contribution in [2.45, 2.75) is 6.92 Å². The molecule has 0 aromatic heterocycles. The Morgan fingerprint density at radius 3 is 2.83 bits per heavy atom. The number of hydrazone groups is 1. The van der Waals surface area contributed by atoms with Crippen LogP contribution in [0.25, 0.3) is 0 Å². The molecule has 2 aromatic rings. The zero-order chi connectivity index (χ0) is 16.8. The summed E-state index contributed by atoms with van der Waals surface area (Å²) in [7, 11) is 0. The summed E-state index contributed by atoms with van der Waals surface area (Å²) in [6, 6.07) is 9.36. The van der Waals surface area contributed by atoms with Crippen LogP contribution in [0.3, 0.4) is 0 Å². The van der Waals surface area contributed by atoms with Crippen LogP contribution in [-0.2, 0) is 4.79 Å². The van der Waals surface area contributed by atoms with Gasteiger partial charge in [0.1, 0.15) is 17.2 Å². The number of phenols is 2. The van der Waals surface area contributed by atoms with E-state index < -0.39 is 5.91 Å². The molecular weight excluding hydrogens is 320 g/mol. The van der Waals surface area contributed by atoms with Gasteiger partial charge >= 0.3 is 0 Å². The smallest absolute Gasteiger partial charge is 0.277 e. The first kappa shape index (κ1) is 16.6. The van der Waals surface area contributed by atoms with E-state index >= 15 is 0 Å². The van der Waals surface area contributed by atoms with E-state index in [4.69, 9.17) is 16.3 Å². The van der Waals surface area contributed by atoms with E-state index in [1.807, 2.05) is 0 Å². The van der Waals surface area contributed by atoms with E-state index in [0.717, 1.165) is 0 Å². The van der Waals surface area contributed by atoms with Gasteiger partial charge in [-0.1, -0.05) is 17.7 Å². The molecule has 0 atom stereocenters. The summed E-state index contributed by atoms with van der Waals surface area (Å²) in [6.45, 7) is 1.48. The third kappa shape index (κ3) is 4.89. The second-order valence-corrected chi connectivity index (χ2v) is 5.17. The maximum atomic E-state index is 11.6. The van der Waals surface area contributed by atoms with E-state index in [2.05, 4.69) is 10.5 Å². The monoisotopic (exact) mass is 334 g/mol. The lowest BCUT2D eigenvalue weighted by atomic mass is 10.1. The van der Waals surface area contributed by atoms with Crippen molar-refractivity contribution in [3.63, 3.8) is 0 Å². The molecule has 6 nitrogen and oxygen atoms in total. The second-order valence-electron chi connectivity index (χ2n) is 4.73. The summed E-state index contributed by atoms with van der Waals surface area (Å²) < 4.78 is 5.26. The van der Waals surface area contributed by atoms with E-state index in [1.165, 1.54) is 18.3 Å². The van der Waals surface area contributed by atoms with Gasteiger partial charge in [0.2, 0.25) is 0 Å². The number of nitrogens with zero attached hydrogens (tertiary/aromatic N) is 1. The average Bonchev–Trinajstić information content (AvgIpc) is 2.48. The molecule has 120 valence electrons. The molecule has 2 rings (SSSR count). The Balaban J connectivity index is 1.89. The van der Waals surface area contributed by atoms with E-state index in [-0.39, 0.29) is 18.1 Å². The number of hydrogen-bond acceptors (Lipinski definition) is 5. The van der Waals surface area contributed by atoms with Crippen LogP contribution in [0.4, 0.5) is 0 Å². The zero-order valence-electron chi connectivity index (χ0n) is 12.3. The Labute approximate surface area is 138 Å². The van der Waals surface area contributed by atoms with Crippen LogP contribution in [0.15, 0.2) is 41.5 Å². The zero-order valence-corrected chi connectivity index (χ0v) is 13.0. The minimum atomic E-state index is -0.461. The number of ether oxygens (including phenoxy) is 1. The molecule has 7 heteroatoms.